The molecule has 0 saturated carbocycles. The standard InChI is InChI=1S/C20H25NO18S.4Na/c22-4-8-10(23)11(24)9(21-40(33,34)35)19(37-8)38-14-12(25)13(26)20(39-15(14)18(31)32)36-7-2-5(16(27)28)1-6(3-7)17(29)30;;;;/h1-3,8-15,19-26H,4H2,(H,27,28)(H,29,30)(H,31,32)(H,33,34,35);;;;/q;4*+1/p-4/t8-,9-,10-,11-,12-,13-,14+,15+,19-,20-;;;;/m1..../s1. The number of carboxylic acids is 3. The molecule has 0 bridgehead atoms. The Hall–Kier alpha value is 0.980. The van der Waals surface area contributed by atoms with Gasteiger partial charge in [0.15, 0.2) is 16.6 Å². The maximum atomic E-state index is 11.8. The molecule has 0 unspecified atom stereocenters. The minimum atomic E-state index is -5.37. The summed E-state index contributed by atoms with van der Waals surface area (Å²) in [7, 11) is -5.37. The van der Waals surface area contributed by atoms with E-state index in [2.05, 4.69) is 0 Å². The predicted octanol–water partition coefficient (Wildman–Crippen LogP) is -20.8. The zero-order chi connectivity index (χ0) is 30.1. The Morgan fingerprint density at radius 1 is 0.818 bits per heavy atom. The molecule has 224 valence electrons. The van der Waals surface area contributed by atoms with Gasteiger partial charge >= 0.3 is 118 Å². The molecular weight excluding hydrogens is 666 g/mol. The van der Waals surface area contributed by atoms with Crippen LogP contribution in [0.15, 0.2) is 18.2 Å². The second-order valence-corrected chi connectivity index (χ2v) is 9.71. The predicted molar refractivity (Wildman–Crippen MR) is 111 cm³/mol. The Morgan fingerprint density at radius 3 is 1.77 bits per heavy atom. The number of carbonyl (C=O) groups excluding carboxylic acids is 3. The average Bonchev–Trinajstić information content (AvgIpc) is 2.86. The Bertz CT molecular complexity index is 1210. The second-order valence-electron chi connectivity index (χ2n) is 8.57. The summed E-state index contributed by atoms with van der Waals surface area (Å²) in [4.78, 5) is 34.2. The molecule has 0 aromatic heterocycles. The summed E-state index contributed by atoms with van der Waals surface area (Å²) in [6, 6.07) is -0.0348. The number of benzene rings is 1. The van der Waals surface area contributed by atoms with Crippen LogP contribution in [0.2, 0.25) is 0 Å². The van der Waals surface area contributed by atoms with Crippen molar-refractivity contribution in [2.75, 3.05) is 6.61 Å². The second kappa shape index (κ2) is 19.8. The van der Waals surface area contributed by atoms with Gasteiger partial charge in [0, 0.05) is 11.1 Å². The monoisotopic (exact) mass is 687 g/mol. The summed E-state index contributed by atoms with van der Waals surface area (Å²) in [6.45, 7) is -0.986. The Kier molecular flexibility index (Phi) is 21.2. The number of aliphatic hydroxyl groups excluding tert-OH is 5. The van der Waals surface area contributed by atoms with E-state index in [-0.39, 0.29) is 118 Å². The molecule has 0 spiro atoms. The summed E-state index contributed by atoms with van der Waals surface area (Å²) in [6.07, 6.45) is -19.3. The van der Waals surface area contributed by atoms with Crippen molar-refractivity contribution in [3.63, 3.8) is 0 Å². The van der Waals surface area contributed by atoms with Crippen LogP contribution in [-0.4, -0.2) is 124 Å². The van der Waals surface area contributed by atoms with E-state index in [0.717, 1.165) is 12.1 Å². The van der Waals surface area contributed by atoms with Gasteiger partial charge in [0.1, 0.15) is 54.5 Å². The van der Waals surface area contributed by atoms with Crippen LogP contribution in [0.4, 0.5) is 0 Å². The minimum Gasteiger partial charge on any atom is -0.735 e. The molecule has 0 aliphatic carbocycles. The van der Waals surface area contributed by atoms with Gasteiger partial charge < -0.3 is 78.7 Å². The fourth-order valence-electron chi connectivity index (χ4n) is 3.96. The summed E-state index contributed by atoms with van der Waals surface area (Å²) in [5.74, 6) is -6.43. The number of nitrogens with one attached hydrogen (secondary N) is 1. The van der Waals surface area contributed by atoms with Gasteiger partial charge in [-0.3, -0.25) is 0 Å². The number of aliphatic carboxylic acids is 1. The number of rotatable bonds is 10. The average molecular weight is 687 g/mol. The SMILES string of the molecule is O=C([O-])c1cc(O[C@@H]2O[C@H](C(=O)[O-])[C@@H](O[C@H]3O[C@H](CO)[C@@H](O)[C@H](O)[C@H]3NS(=O)(=O)[O-])[C@H](O)[C@H]2O)cc(C(=O)[O-])c1.[Na+].[Na+].[Na+].[Na+]. The summed E-state index contributed by atoms with van der Waals surface area (Å²) < 4.78 is 55.7. The maximum Gasteiger partial charge on any atom is 1.00 e. The van der Waals surface area contributed by atoms with Crippen molar-refractivity contribution in [3.05, 3.63) is 29.3 Å². The van der Waals surface area contributed by atoms with E-state index in [1.165, 1.54) is 4.72 Å². The van der Waals surface area contributed by atoms with Crippen LogP contribution < -0.4 is 143 Å². The summed E-state index contributed by atoms with van der Waals surface area (Å²) in [5.41, 5.74) is -1.44. The quantitative estimate of drug-likeness (QED) is 0.0982. The molecular formula is C20H21NNa4O18S. The normalized spacial score (nSPS) is 31.5. The van der Waals surface area contributed by atoms with Crippen LogP contribution in [0.5, 0.6) is 5.75 Å². The molecule has 3 rings (SSSR count). The number of carboxylic acid groups (broad SMARTS) is 3. The molecule has 2 fully saturated rings. The van der Waals surface area contributed by atoms with Crippen molar-refractivity contribution < 1.29 is 205 Å². The first-order chi connectivity index (χ1) is 18.5. The number of ether oxygens (including phenoxy) is 4. The fraction of sp³-hybridized carbons (Fsp3) is 0.550. The van der Waals surface area contributed by atoms with Crippen molar-refractivity contribution >= 4 is 28.2 Å². The van der Waals surface area contributed by atoms with Crippen molar-refractivity contribution in [3.8, 4) is 5.75 Å². The van der Waals surface area contributed by atoms with Gasteiger partial charge in [0.05, 0.1) is 24.5 Å². The first kappa shape index (κ1) is 47.1. The van der Waals surface area contributed by atoms with Crippen LogP contribution in [0.3, 0.4) is 0 Å². The van der Waals surface area contributed by atoms with E-state index in [4.69, 9.17) is 18.9 Å². The van der Waals surface area contributed by atoms with E-state index in [1.807, 2.05) is 0 Å². The van der Waals surface area contributed by atoms with Crippen molar-refractivity contribution in [2.45, 2.75) is 61.3 Å². The maximum absolute atomic E-state index is 11.8. The third-order valence-electron chi connectivity index (χ3n) is 5.86. The molecule has 1 aromatic carbocycles. The zero-order valence-electron chi connectivity index (χ0n) is 23.7. The molecule has 19 nitrogen and oxygen atoms in total. The number of carbonyl (C=O) groups is 3. The largest absolute Gasteiger partial charge is 1.00 e. The number of hydrogen-bond acceptors (Lipinski definition) is 18. The molecule has 2 heterocycles. The van der Waals surface area contributed by atoms with Crippen LogP contribution in [0.1, 0.15) is 20.7 Å². The van der Waals surface area contributed by atoms with Crippen molar-refractivity contribution in [2.24, 2.45) is 0 Å². The first-order valence-corrected chi connectivity index (χ1v) is 12.4. The van der Waals surface area contributed by atoms with E-state index < -0.39 is 113 Å². The number of aliphatic hydroxyl groups is 5. The van der Waals surface area contributed by atoms with Crippen molar-refractivity contribution in [1.82, 2.24) is 4.72 Å². The van der Waals surface area contributed by atoms with Gasteiger partial charge in [-0.2, -0.15) is 0 Å². The van der Waals surface area contributed by atoms with Gasteiger partial charge in [-0.05, 0) is 18.2 Å². The van der Waals surface area contributed by atoms with E-state index >= 15 is 0 Å². The van der Waals surface area contributed by atoms with Gasteiger partial charge in [0.2, 0.25) is 6.29 Å². The smallest absolute Gasteiger partial charge is 0.735 e. The van der Waals surface area contributed by atoms with Crippen LogP contribution >= 0.6 is 0 Å². The molecule has 6 N–H and O–H groups in total. The van der Waals surface area contributed by atoms with Gasteiger partial charge in [-0.15, -0.1) is 0 Å². The van der Waals surface area contributed by atoms with E-state index in [0.29, 0.717) is 6.07 Å². The summed E-state index contributed by atoms with van der Waals surface area (Å²) in [5, 5.41) is 85.0. The van der Waals surface area contributed by atoms with Crippen molar-refractivity contribution in [1.29, 1.82) is 0 Å². The van der Waals surface area contributed by atoms with Gasteiger partial charge in [0.25, 0.3) is 0 Å². The van der Waals surface area contributed by atoms with Gasteiger partial charge in [-0.25, -0.2) is 13.1 Å². The Morgan fingerprint density at radius 2 is 1.34 bits per heavy atom. The van der Waals surface area contributed by atoms with E-state index in [9.17, 15) is 68.2 Å². The first-order valence-electron chi connectivity index (χ1n) is 11.0. The zero-order valence-corrected chi connectivity index (χ0v) is 32.5. The van der Waals surface area contributed by atoms with Gasteiger partial charge in [-0.1, -0.05) is 0 Å². The molecule has 0 radical (unpaired) electrons. The summed E-state index contributed by atoms with van der Waals surface area (Å²) >= 11 is 0. The third-order valence-corrected chi connectivity index (χ3v) is 6.42. The number of hydrogen-bond donors (Lipinski definition) is 6. The molecule has 10 atom stereocenters. The molecule has 24 heteroatoms. The molecule has 44 heavy (non-hydrogen) atoms. The molecule has 2 aliphatic rings. The Balaban J connectivity index is 0. The van der Waals surface area contributed by atoms with E-state index in [1.54, 1.807) is 0 Å². The van der Waals surface area contributed by atoms with Crippen LogP contribution in [-0.2, 0) is 29.3 Å². The van der Waals surface area contributed by atoms with Crippen LogP contribution in [0, 0.1) is 0 Å². The molecule has 2 saturated heterocycles. The molecule has 0 amide bonds. The topological polar surface area (TPSA) is 328 Å². The van der Waals surface area contributed by atoms with Crippen LogP contribution in [0.25, 0.3) is 0 Å². The Labute approximate surface area is 337 Å². The molecule has 2 aliphatic heterocycles. The molecule has 1 aromatic rings. The fourth-order valence-corrected chi connectivity index (χ4v) is 4.54. The third kappa shape index (κ3) is 11.8. The number of aromatic carboxylic acids is 2. The minimum absolute atomic E-state index is 0.